The van der Waals surface area contributed by atoms with Crippen molar-refractivity contribution in [2.45, 2.75) is 81.4 Å². The van der Waals surface area contributed by atoms with E-state index in [2.05, 4.69) is 4.98 Å². The summed E-state index contributed by atoms with van der Waals surface area (Å²) in [5, 5.41) is 0.532. The standard InChI is InChI=1S/C42H48ClFN4O6S/c1-41(2,3)54-40(50)47-25-32(48(27-42(26-47)21-22-42)55(51,52)33-10-6-5-7-11-33)18-19-34-29(9-8-12-35(34)44)23-36(49)39(45)38(28-13-16-31(43)17-14-28)30-15-20-37(53-4)46-24-30/h5-17,20,24,32,38-39H,18-19,21-23,25-27,45H2,1-4H3/t32-,38-,39+/m0/s1. The summed E-state index contributed by atoms with van der Waals surface area (Å²) in [7, 11) is -2.49. The van der Waals surface area contributed by atoms with Crippen LogP contribution in [0.1, 0.15) is 68.2 Å². The number of methoxy groups -OCH3 is 1. The van der Waals surface area contributed by atoms with Gasteiger partial charge in [-0.25, -0.2) is 22.6 Å². The van der Waals surface area contributed by atoms with Crippen molar-refractivity contribution in [2.24, 2.45) is 11.1 Å². The molecular formula is C42H48ClFN4O6S. The first-order valence-corrected chi connectivity index (χ1v) is 20.3. The fourth-order valence-corrected chi connectivity index (χ4v) is 9.26. The number of hydrogen-bond acceptors (Lipinski definition) is 8. The van der Waals surface area contributed by atoms with Gasteiger partial charge in [-0.2, -0.15) is 4.31 Å². The number of carbonyl (C=O) groups is 2. The molecule has 3 atom stereocenters. The number of amides is 1. The number of nitrogens with two attached hydrogens (primary N) is 1. The van der Waals surface area contributed by atoms with Crippen LogP contribution in [0.4, 0.5) is 9.18 Å². The minimum absolute atomic E-state index is 0.0645. The van der Waals surface area contributed by atoms with Crippen molar-refractivity contribution in [2.75, 3.05) is 26.7 Å². The molecule has 6 rings (SSSR count). The van der Waals surface area contributed by atoms with Crippen molar-refractivity contribution < 1.29 is 31.9 Å². The Kier molecular flexibility index (Phi) is 12.0. The van der Waals surface area contributed by atoms with E-state index in [1.807, 2.05) is 12.1 Å². The Labute approximate surface area is 327 Å². The van der Waals surface area contributed by atoms with Crippen LogP contribution >= 0.6 is 11.6 Å². The van der Waals surface area contributed by atoms with Gasteiger partial charge in [-0.3, -0.25) is 4.79 Å². The fourth-order valence-electron chi connectivity index (χ4n) is 7.35. The van der Waals surface area contributed by atoms with E-state index >= 15 is 4.39 Å². The maximum absolute atomic E-state index is 15.9. The zero-order chi connectivity index (χ0) is 39.5. The molecule has 1 saturated carbocycles. The van der Waals surface area contributed by atoms with Crippen LogP contribution in [-0.2, 0) is 32.4 Å². The molecule has 2 N–H and O–H groups in total. The van der Waals surface area contributed by atoms with Crippen LogP contribution in [0.15, 0.2) is 96.0 Å². The predicted octanol–water partition coefficient (Wildman–Crippen LogP) is 7.18. The third kappa shape index (κ3) is 9.55. The third-order valence-electron chi connectivity index (χ3n) is 10.4. The highest BCUT2D eigenvalue weighted by Crippen LogP contribution is 2.50. The van der Waals surface area contributed by atoms with E-state index in [9.17, 15) is 18.0 Å². The Morgan fingerprint density at radius 1 is 0.982 bits per heavy atom. The van der Waals surface area contributed by atoms with Gasteiger partial charge in [0.05, 0.1) is 18.0 Å². The summed E-state index contributed by atoms with van der Waals surface area (Å²) in [5.41, 5.74) is 7.81. The molecule has 4 aromatic rings. The van der Waals surface area contributed by atoms with Gasteiger partial charge >= 0.3 is 6.09 Å². The quantitative estimate of drug-likeness (QED) is 0.160. The largest absolute Gasteiger partial charge is 0.481 e. The number of carbonyl (C=O) groups excluding carboxylic acids is 2. The lowest BCUT2D eigenvalue weighted by atomic mass is 9.82. The molecule has 1 aliphatic heterocycles. The van der Waals surface area contributed by atoms with Crippen molar-refractivity contribution in [3.05, 3.63) is 124 Å². The smallest absolute Gasteiger partial charge is 0.410 e. The molecule has 2 fully saturated rings. The zero-order valence-electron chi connectivity index (χ0n) is 31.6. The SMILES string of the molecule is COc1ccc([C@H](c2ccc(Cl)cc2)[C@H](N)C(=O)Cc2cccc(F)c2CC[C@H]2CN(C(=O)OC(C)(C)C)CC3(CC3)CN2S(=O)(=O)c2ccccc2)cn1. The monoisotopic (exact) mass is 790 g/mol. The van der Waals surface area contributed by atoms with Crippen LogP contribution in [0.5, 0.6) is 5.88 Å². The molecule has 1 aliphatic carbocycles. The summed E-state index contributed by atoms with van der Waals surface area (Å²) in [4.78, 5) is 33.7. The molecule has 10 nitrogen and oxygen atoms in total. The van der Waals surface area contributed by atoms with Crippen molar-refractivity contribution in [3.63, 3.8) is 0 Å². The number of halogens is 2. The van der Waals surface area contributed by atoms with Crippen LogP contribution in [0, 0.1) is 11.2 Å². The summed E-state index contributed by atoms with van der Waals surface area (Å²) in [6.07, 6.45) is 2.76. The number of nitrogens with zero attached hydrogens (tertiary/aromatic N) is 3. The van der Waals surface area contributed by atoms with Gasteiger partial charge in [0.1, 0.15) is 11.4 Å². The van der Waals surface area contributed by atoms with E-state index in [0.717, 1.165) is 18.4 Å². The Morgan fingerprint density at radius 3 is 2.29 bits per heavy atom. The first kappa shape index (κ1) is 40.3. The molecule has 1 spiro atoms. The number of ether oxygens (including phenoxy) is 2. The molecule has 0 radical (unpaired) electrons. The minimum Gasteiger partial charge on any atom is -0.481 e. The van der Waals surface area contributed by atoms with E-state index in [1.165, 1.54) is 17.5 Å². The molecular weight excluding hydrogens is 743 g/mol. The van der Waals surface area contributed by atoms with E-state index < -0.39 is 51.0 Å². The normalized spacial score (nSPS) is 18.3. The average Bonchev–Trinajstić information content (AvgIpc) is 3.95. The van der Waals surface area contributed by atoms with E-state index in [4.69, 9.17) is 26.8 Å². The van der Waals surface area contributed by atoms with Gasteiger partial charge in [-0.05, 0) is 99.0 Å². The first-order chi connectivity index (χ1) is 26.1. The summed E-state index contributed by atoms with van der Waals surface area (Å²) in [6, 6.07) is 21.7. The number of sulfonamides is 1. The van der Waals surface area contributed by atoms with Gasteiger partial charge in [0.25, 0.3) is 0 Å². The lowest BCUT2D eigenvalue weighted by molar-refractivity contribution is -0.119. The van der Waals surface area contributed by atoms with E-state index in [1.54, 1.807) is 98.6 Å². The summed E-state index contributed by atoms with van der Waals surface area (Å²) < 4.78 is 57.0. The summed E-state index contributed by atoms with van der Waals surface area (Å²) in [6.45, 7) is 6.01. The number of Topliss-reactive ketones (excluding diaryl/α,β-unsaturated/α-hetero) is 1. The van der Waals surface area contributed by atoms with Gasteiger partial charge in [0, 0.05) is 60.7 Å². The van der Waals surface area contributed by atoms with Crippen LogP contribution in [0.25, 0.3) is 0 Å². The molecule has 1 amide bonds. The van der Waals surface area contributed by atoms with Gasteiger partial charge < -0.3 is 20.1 Å². The van der Waals surface area contributed by atoms with Crippen LogP contribution in [-0.4, -0.2) is 78.9 Å². The van der Waals surface area contributed by atoms with Crippen molar-refractivity contribution in [1.29, 1.82) is 0 Å². The van der Waals surface area contributed by atoms with Crippen molar-refractivity contribution in [1.82, 2.24) is 14.2 Å². The molecule has 55 heavy (non-hydrogen) atoms. The highest BCUT2D eigenvalue weighted by molar-refractivity contribution is 7.89. The Morgan fingerprint density at radius 2 is 1.67 bits per heavy atom. The maximum Gasteiger partial charge on any atom is 0.410 e. The second kappa shape index (κ2) is 16.4. The summed E-state index contributed by atoms with van der Waals surface area (Å²) in [5.74, 6) is -1.01. The molecule has 13 heteroatoms. The number of aromatic nitrogens is 1. The Balaban J connectivity index is 1.29. The number of benzene rings is 3. The minimum atomic E-state index is -4.01. The van der Waals surface area contributed by atoms with E-state index in [0.29, 0.717) is 34.1 Å². The fraction of sp³-hybridized carbons (Fsp3) is 0.405. The van der Waals surface area contributed by atoms with Gasteiger partial charge in [-0.1, -0.05) is 60.1 Å². The topological polar surface area (TPSA) is 132 Å². The highest BCUT2D eigenvalue weighted by Gasteiger charge is 2.52. The van der Waals surface area contributed by atoms with E-state index in [-0.39, 0.29) is 43.0 Å². The molecule has 3 aromatic carbocycles. The zero-order valence-corrected chi connectivity index (χ0v) is 33.2. The molecule has 0 bridgehead atoms. The predicted molar refractivity (Wildman–Crippen MR) is 209 cm³/mol. The number of ketones is 1. The molecule has 1 aromatic heterocycles. The Hall–Kier alpha value is -4.36. The van der Waals surface area contributed by atoms with Crippen molar-refractivity contribution >= 4 is 33.5 Å². The van der Waals surface area contributed by atoms with Crippen LogP contribution in [0.3, 0.4) is 0 Å². The van der Waals surface area contributed by atoms with Crippen molar-refractivity contribution in [3.8, 4) is 5.88 Å². The van der Waals surface area contributed by atoms with Gasteiger partial charge in [0.2, 0.25) is 15.9 Å². The number of rotatable bonds is 12. The summed E-state index contributed by atoms with van der Waals surface area (Å²) >= 11 is 6.18. The highest BCUT2D eigenvalue weighted by atomic mass is 35.5. The van der Waals surface area contributed by atoms with Crippen LogP contribution < -0.4 is 10.5 Å². The molecule has 292 valence electrons. The van der Waals surface area contributed by atoms with Gasteiger partial charge in [-0.15, -0.1) is 0 Å². The molecule has 0 unspecified atom stereocenters. The van der Waals surface area contributed by atoms with Crippen LogP contribution in [0.2, 0.25) is 5.02 Å². The third-order valence-corrected chi connectivity index (χ3v) is 12.6. The molecule has 2 aliphatic rings. The van der Waals surface area contributed by atoms with Gasteiger partial charge in [0.15, 0.2) is 5.78 Å². The maximum atomic E-state index is 15.9. The number of pyridine rings is 1. The molecule has 1 saturated heterocycles. The number of hydrogen-bond donors (Lipinski definition) is 1. The Bertz CT molecular complexity index is 2090. The molecule has 2 heterocycles. The average molecular weight is 791 g/mol. The lowest BCUT2D eigenvalue weighted by Gasteiger charge is -2.32. The second-order valence-corrected chi connectivity index (χ2v) is 18.0. The first-order valence-electron chi connectivity index (χ1n) is 18.4. The lowest BCUT2D eigenvalue weighted by Crippen LogP contribution is -2.46. The second-order valence-electron chi connectivity index (χ2n) is 15.6.